The van der Waals surface area contributed by atoms with Crippen LogP contribution in [-0.2, 0) is 4.74 Å². The van der Waals surface area contributed by atoms with E-state index in [4.69, 9.17) is 4.74 Å². The monoisotopic (exact) mass is 268 g/mol. The van der Waals surface area contributed by atoms with Gasteiger partial charge in [0.15, 0.2) is 0 Å². The van der Waals surface area contributed by atoms with Gasteiger partial charge in [-0.25, -0.2) is 0 Å². The molecule has 0 amide bonds. The molecule has 0 spiro atoms. The van der Waals surface area contributed by atoms with Crippen LogP contribution < -0.4 is 10.6 Å². The number of hydrogen-bond donors (Lipinski definition) is 2. The van der Waals surface area contributed by atoms with Crippen molar-refractivity contribution in [2.24, 2.45) is 0 Å². The van der Waals surface area contributed by atoms with E-state index < -0.39 is 0 Å². The van der Waals surface area contributed by atoms with Crippen molar-refractivity contribution < 1.29 is 4.74 Å². The topological polar surface area (TPSA) is 33.3 Å². The Hall–Kier alpha value is -0.120. The number of ether oxygens (including phenoxy) is 1. The minimum absolute atomic E-state index is 0.140. The van der Waals surface area contributed by atoms with Gasteiger partial charge in [0.2, 0.25) is 0 Å². The lowest BCUT2D eigenvalue weighted by molar-refractivity contribution is -0.0940. The summed E-state index contributed by atoms with van der Waals surface area (Å²) in [5, 5.41) is 7.45. The highest BCUT2D eigenvalue weighted by Gasteiger charge is 2.34. The van der Waals surface area contributed by atoms with Gasteiger partial charge in [-0.3, -0.25) is 0 Å². The van der Waals surface area contributed by atoms with E-state index >= 15 is 0 Å². The number of hydrogen-bond acceptors (Lipinski definition) is 3. The average Bonchev–Trinajstić information content (AvgIpc) is 2.91. The van der Waals surface area contributed by atoms with Crippen LogP contribution >= 0.6 is 0 Å². The summed E-state index contributed by atoms with van der Waals surface area (Å²) >= 11 is 0. The molecule has 0 bridgehead atoms. The zero-order valence-electron chi connectivity index (χ0n) is 13.0. The highest BCUT2D eigenvalue weighted by atomic mass is 16.5. The van der Waals surface area contributed by atoms with Crippen molar-refractivity contribution in [1.82, 2.24) is 10.6 Å². The molecule has 0 radical (unpaired) electrons. The van der Waals surface area contributed by atoms with Crippen LogP contribution in [-0.4, -0.2) is 36.9 Å². The fourth-order valence-electron chi connectivity index (χ4n) is 3.77. The fourth-order valence-corrected chi connectivity index (χ4v) is 3.77. The first-order valence-corrected chi connectivity index (χ1v) is 8.31. The Balaban J connectivity index is 1.77. The van der Waals surface area contributed by atoms with Crippen LogP contribution in [0.1, 0.15) is 65.7 Å². The zero-order valence-corrected chi connectivity index (χ0v) is 13.0. The van der Waals surface area contributed by atoms with Crippen LogP contribution in [0.15, 0.2) is 0 Å². The number of rotatable bonds is 6. The number of nitrogens with one attached hydrogen (secondary N) is 2. The largest absolute Gasteiger partial charge is 0.375 e. The summed E-state index contributed by atoms with van der Waals surface area (Å²) in [5.41, 5.74) is 0.140. The van der Waals surface area contributed by atoms with Crippen LogP contribution in [0.25, 0.3) is 0 Å². The van der Waals surface area contributed by atoms with E-state index in [0.717, 1.165) is 25.5 Å². The quantitative estimate of drug-likeness (QED) is 0.777. The predicted molar refractivity (Wildman–Crippen MR) is 80.5 cm³/mol. The first kappa shape index (κ1) is 15.3. The molecule has 2 N–H and O–H groups in total. The Morgan fingerprint density at radius 2 is 2.11 bits per heavy atom. The maximum atomic E-state index is 6.06. The lowest BCUT2D eigenvalue weighted by Gasteiger charge is -2.41. The second kappa shape index (κ2) is 7.05. The molecule has 2 fully saturated rings. The molecule has 3 unspecified atom stereocenters. The summed E-state index contributed by atoms with van der Waals surface area (Å²) in [6.45, 7) is 9.00. The van der Waals surface area contributed by atoms with Crippen molar-refractivity contribution in [2.75, 3.05) is 13.2 Å². The summed E-state index contributed by atoms with van der Waals surface area (Å²) in [4.78, 5) is 0. The van der Waals surface area contributed by atoms with Crippen LogP contribution in [0.5, 0.6) is 0 Å². The molecule has 0 aromatic carbocycles. The third kappa shape index (κ3) is 4.17. The van der Waals surface area contributed by atoms with E-state index in [9.17, 15) is 0 Å². The Kier molecular flexibility index (Phi) is 5.67. The van der Waals surface area contributed by atoms with Crippen LogP contribution in [0, 0.1) is 0 Å². The van der Waals surface area contributed by atoms with Gasteiger partial charge in [-0.15, -0.1) is 0 Å². The highest BCUT2D eigenvalue weighted by Crippen LogP contribution is 2.31. The molecule has 2 heterocycles. The summed E-state index contributed by atoms with van der Waals surface area (Å²) < 4.78 is 6.06. The Labute approximate surface area is 118 Å². The smallest absolute Gasteiger partial charge is 0.0692 e. The molecule has 112 valence electrons. The van der Waals surface area contributed by atoms with Crippen molar-refractivity contribution in [3.63, 3.8) is 0 Å². The summed E-state index contributed by atoms with van der Waals surface area (Å²) in [7, 11) is 0. The van der Waals surface area contributed by atoms with E-state index in [-0.39, 0.29) is 5.60 Å². The summed E-state index contributed by atoms with van der Waals surface area (Å²) in [6.07, 6.45) is 8.60. The van der Waals surface area contributed by atoms with E-state index in [2.05, 4.69) is 31.4 Å². The summed E-state index contributed by atoms with van der Waals surface area (Å²) in [6, 6.07) is 2.00. The van der Waals surface area contributed by atoms with Gasteiger partial charge in [-0.05, 0) is 58.4 Å². The molecule has 3 atom stereocenters. The van der Waals surface area contributed by atoms with Crippen molar-refractivity contribution in [1.29, 1.82) is 0 Å². The molecule has 2 aliphatic rings. The predicted octanol–water partition coefficient (Wildman–Crippen LogP) is 2.84. The van der Waals surface area contributed by atoms with Crippen molar-refractivity contribution >= 4 is 0 Å². The molecular weight excluding hydrogens is 236 g/mol. The second-order valence-corrected chi connectivity index (χ2v) is 6.52. The molecule has 0 aromatic rings. The minimum Gasteiger partial charge on any atom is -0.375 e. The molecule has 0 aliphatic carbocycles. The van der Waals surface area contributed by atoms with Gasteiger partial charge >= 0.3 is 0 Å². The van der Waals surface area contributed by atoms with E-state index in [1.807, 2.05) is 0 Å². The third-order valence-electron chi connectivity index (χ3n) is 5.10. The molecule has 3 nitrogen and oxygen atoms in total. The maximum absolute atomic E-state index is 6.06. The van der Waals surface area contributed by atoms with E-state index in [1.54, 1.807) is 0 Å². The van der Waals surface area contributed by atoms with Gasteiger partial charge in [-0.2, -0.15) is 0 Å². The molecule has 0 aromatic heterocycles. The van der Waals surface area contributed by atoms with E-state index in [1.165, 1.54) is 38.6 Å². The molecule has 19 heavy (non-hydrogen) atoms. The van der Waals surface area contributed by atoms with Gasteiger partial charge in [-0.1, -0.05) is 13.8 Å². The molecule has 0 saturated carbocycles. The molecule has 3 heteroatoms. The molecule has 2 saturated heterocycles. The molecule has 2 rings (SSSR count). The Morgan fingerprint density at radius 1 is 1.32 bits per heavy atom. The second-order valence-electron chi connectivity index (χ2n) is 6.52. The lowest BCUT2D eigenvalue weighted by atomic mass is 9.85. The van der Waals surface area contributed by atoms with Gasteiger partial charge in [0.25, 0.3) is 0 Å². The van der Waals surface area contributed by atoms with Crippen LogP contribution in [0.3, 0.4) is 0 Å². The van der Waals surface area contributed by atoms with E-state index in [0.29, 0.717) is 12.1 Å². The maximum Gasteiger partial charge on any atom is 0.0692 e. The first-order valence-electron chi connectivity index (χ1n) is 8.31. The van der Waals surface area contributed by atoms with Crippen LogP contribution in [0.4, 0.5) is 0 Å². The highest BCUT2D eigenvalue weighted by molar-refractivity contribution is 4.90. The average molecular weight is 268 g/mol. The summed E-state index contributed by atoms with van der Waals surface area (Å²) in [5.74, 6) is 0. The normalized spacial score (nSPS) is 32.4. The third-order valence-corrected chi connectivity index (χ3v) is 5.10. The van der Waals surface area contributed by atoms with Crippen molar-refractivity contribution in [2.45, 2.75) is 89.4 Å². The van der Waals surface area contributed by atoms with Gasteiger partial charge in [0.05, 0.1) is 5.60 Å². The standard InChI is InChI=1S/C16H32N2O/c1-4-16(5-2)12-15(8-10-19-16)18-13(3)11-14-7-6-9-17-14/h13-15,17-18H,4-12H2,1-3H3. The van der Waals surface area contributed by atoms with Crippen LogP contribution in [0.2, 0.25) is 0 Å². The Morgan fingerprint density at radius 3 is 2.74 bits per heavy atom. The minimum atomic E-state index is 0.140. The van der Waals surface area contributed by atoms with Gasteiger partial charge < -0.3 is 15.4 Å². The SMILES string of the molecule is CCC1(CC)CC(NC(C)CC2CCCN2)CCO1. The first-order chi connectivity index (χ1) is 9.17. The van der Waals surface area contributed by atoms with Crippen molar-refractivity contribution in [3.8, 4) is 0 Å². The molecular formula is C16H32N2O. The Bertz CT molecular complexity index is 259. The van der Waals surface area contributed by atoms with Gasteiger partial charge in [0, 0.05) is 24.7 Å². The lowest BCUT2D eigenvalue weighted by Crippen LogP contribution is -2.49. The zero-order chi connectivity index (χ0) is 13.7. The molecule has 2 aliphatic heterocycles. The fraction of sp³-hybridized carbons (Fsp3) is 1.00. The van der Waals surface area contributed by atoms with Crippen molar-refractivity contribution in [3.05, 3.63) is 0 Å². The van der Waals surface area contributed by atoms with Gasteiger partial charge in [0.1, 0.15) is 0 Å².